The van der Waals surface area contributed by atoms with Crippen LogP contribution in [0.5, 0.6) is 0 Å². The molecule has 0 aliphatic heterocycles. The quantitative estimate of drug-likeness (QED) is 0.820. The SMILES string of the molecule is COC(=O)[C@@H](C)CNC(=O)Nc1ccccc1CC(F)(F)F. The van der Waals surface area contributed by atoms with Gasteiger partial charge in [-0.3, -0.25) is 4.79 Å². The van der Waals surface area contributed by atoms with Crippen LogP contribution in [0.15, 0.2) is 24.3 Å². The van der Waals surface area contributed by atoms with Crippen LogP contribution < -0.4 is 10.6 Å². The molecule has 0 aromatic heterocycles. The van der Waals surface area contributed by atoms with Crippen LogP contribution in [0, 0.1) is 5.92 Å². The summed E-state index contributed by atoms with van der Waals surface area (Å²) in [7, 11) is 1.23. The van der Waals surface area contributed by atoms with E-state index in [1.807, 2.05) is 0 Å². The van der Waals surface area contributed by atoms with E-state index >= 15 is 0 Å². The number of para-hydroxylation sites is 1. The first-order valence-corrected chi connectivity index (χ1v) is 6.50. The third-order valence-electron chi connectivity index (χ3n) is 2.83. The summed E-state index contributed by atoms with van der Waals surface area (Å²) in [6.07, 6.45) is -5.50. The number of ether oxygens (including phenoxy) is 1. The smallest absolute Gasteiger partial charge is 0.393 e. The lowest BCUT2D eigenvalue weighted by atomic mass is 10.1. The summed E-state index contributed by atoms with van der Waals surface area (Å²) < 4.78 is 41.9. The molecule has 2 amide bonds. The van der Waals surface area contributed by atoms with Crippen molar-refractivity contribution in [3.8, 4) is 0 Å². The van der Waals surface area contributed by atoms with Crippen molar-refractivity contribution in [1.82, 2.24) is 5.32 Å². The summed E-state index contributed by atoms with van der Waals surface area (Å²) in [5.74, 6) is -1.04. The van der Waals surface area contributed by atoms with E-state index in [1.54, 1.807) is 6.92 Å². The molecular weight excluding hydrogens is 301 g/mol. The number of hydrogen-bond donors (Lipinski definition) is 2. The number of carbonyl (C=O) groups is 2. The van der Waals surface area contributed by atoms with E-state index in [2.05, 4.69) is 15.4 Å². The number of esters is 1. The number of nitrogens with one attached hydrogen (secondary N) is 2. The lowest BCUT2D eigenvalue weighted by Crippen LogP contribution is -2.35. The van der Waals surface area contributed by atoms with Crippen molar-refractivity contribution >= 4 is 17.7 Å². The van der Waals surface area contributed by atoms with Crippen molar-refractivity contribution in [1.29, 1.82) is 0 Å². The van der Waals surface area contributed by atoms with Crippen LogP contribution in [-0.2, 0) is 16.0 Å². The molecule has 0 bridgehead atoms. The zero-order valence-corrected chi connectivity index (χ0v) is 12.2. The summed E-state index contributed by atoms with van der Waals surface area (Å²) in [5, 5.41) is 4.75. The Kier molecular flexibility index (Phi) is 6.21. The molecule has 2 N–H and O–H groups in total. The van der Waals surface area contributed by atoms with Crippen LogP contribution in [-0.4, -0.2) is 31.8 Å². The van der Waals surface area contributed by atoms with Gasteiger partial charge in [0.15, 0.2) is 0 Å². The van der Waals surface area contributed by atoms with Crippen molar-refractivity contribution in [3.05, 3.63) is 29.8 Å². The first kappa shape index (κ1) is 17.8. The van der Waals surface area contributed by atoms with Crippen molar-refractivity contribution < 1.29 is 27.5 Å². The monoisotopic (exact) mass is 318 g/mol. The fourth-order valence-electron chi connectivity index (χ4n) is 1.71. The number of carbonyl (C=O) groups excluding carboxylic acids is 2. The highest BCUT2D eigenvalue weighted by Crippen LogP contribution is 2.25. The minimum absolute atomic E-state index is 0.0138. The van der Waals surface area contributed by atoms with Gasteiger partial charge in [0.25, 0.3) is 0 Å². The van der Waals surface area contributed by atoms with Crippen molar-refractivity contribution in [3.63, 3.8) is 0 Å². The Bertz CT molecular complexity index is 532. The van der Waals surface area contributed by atoms with E-state index < -0.39 is 30.5 Å². The van der Waals surface area contributed by atoms with Crippen molar-refractivity contribution in [2.75, 3.05) is 19.0 Å². The number of methoxy groups -OCH3 is 1. The van der Waals surface area contributed by atoms with E-state index in [0.717, 1.165) is 0 Å². The van der Waals surface area contributed by atoms with E-state index in [1.165, 1.54) is 31.4 Å². The van der Waals surface area contributed by atoms with Crippen molar-refractivity contribution in [2.24, 2.45) is 5.92 Å². The number of anilines is 1. The summed E-state index contributed by atoms with van der Waals surface area (Å²) in [6.45, 7) is 1.57. The van der Waals surface area contributed by atoms with E-state index in [0.29, 0.717) is 0 Å². The summed E-state index contributed by atoms with van der Waals surface area (Å²) in [4.78, 5) is 22.9. The fourth-order valence-corrected chi connectivity index (χ4v) is 1.71. The highest BCUT2D eigenvalue weighted by Gasteiger charge is 2.29. The maximum Gasteiger partial charge on any atom is 0.393 e. The van der Waals surface area contributed by atoms with E-state index in [9.17, 15) is 22.8 Å². The van der Waals surface area contributed by atoms with Gasteiger partial charge >= 0.3 is 18.2 Å². The van der Waals surface area contributed by atoms with Gasteiger partial charge in [0.1, 0.15) is 0 Å². The third kappa shape index (κ3) is 6.02. The Labute approximate surface area is 125 Å². The zero-order valence-electron chi connectivity index (χ0n) is 12.2. The molecule has 1 rings (SSSR count). The number of halogens is 3. The molecule has 0 saturated heterocycles. The first-order chi connectivity index (χ1) is 10.2. The van der Waals surface area contributed by atoms with Gasteiger partial charge in [0, 0.05) is 12.2 Å². The number of urea groups is 1. The van der Waals surface area contributed by atoms with Crippen LogP contribution in [0.3, 0.4) is 0 Å². The minimum Gasteiger partial charge on any atom is -0.469 e. The second-order valence-electron chi connectivity index (χ2n) is 4.71. The minimum atomic E-state index is -4.37. The standard InChI is InChI=1S/C14H17F3N2O3/c1-9(12(20)22-2)8-18-13(21)19-11-6-4-3-5-10(11)7-14(15,16)17/h3-6,9H,7-8H2,1-2H3,(H2,18,19,21)/t9-/m0/s1. The van der Waals surface area contributed by atoms with Crippen LogP contribution >= 0.6 is 0 Å². The van der Waals surface area contributed by atoms with Gasteiger partial charge in [-0.15, -0.1) is 0 Å². The van der Waals surface area contributed by atoms with Gasteiger partial charge in [0.05, 0.1) is 19.4 Å². The maximum atomic E-state index is 12.5. The predicted octanol–water partition coefficient (Wildman–Crippen LogP) is 2.72. The first-order valence-electron chi connectivity index (χ1n) is 6.50. The summed E-state index contributed by atoms with van der Waals surface area (Å²) in [6, 6.07) is 4.96. The number of alkyl halides is 3. The highest BCUT2D eigenvalue weighted by molar-refractivity contribution is 5.90. The molecule has 1 aromatic carbocycles. The molecule has 8 heteroatoms. The number of amides is 2. The lowest BCUT2D eigenvalue weighted by molar-refractivity contribution is -0.144. The average molecular weight is 318 g/mol. The Morgan fingerprint density at radius 1 is 1.27 bits per heavy atom. The number of rotatable bonds is 5. The van der Waals surface area contributed by atoms with Crippen LogP contribution in [0.25, 0.3) is 0 Å². The molecule has 122 valence electrons. The largest absolute Gasteiger partial charge is 0.469 e. The van der Waals surface area contributed by atoms with Gasteiger partial charge in [-0.25, -0.2) is 4.79 Å². The molecule has 1 aromatic rings. The second-order valence-corrected chi connectivity index (χ2v) is 4.71. The Morgan fingerprint density at radius 3 is 2.50 bits per heavy atom. The molecule has 0 heterocycles. The molecule has 0 fully saturated rings. The molecule has 22 heavy (non-hydrogen) atoms. The van der Waals surface area contributed by atoms with Gasteiger partial charge in [-0.05, 0) is 11.6 Å². The fraction of sp³-hybridized carbons (Fsp3) is 0.429. The Morgan fingerprint density at radius 2 is 1.91 bits per heavy atom. The topological polar surface area (TPSA) is 67.4 Å². The third-order valence-corrected chi connectivity index (χ3v) is 2.83. The summed E-state index contributed by atoms with van der Waals surface area (Å²) in [5.41, 5.74) is 0.0363. The molecule has 0 unspecified atom stereocenters. The van der Waals surface area contributed by atoms with Gasteiger partial charge in [-0.2, -0.15) is 13.2 Å². The van der Waals surface area contributed by atoms with Crippen LogP contribution in [0.1, 0.15) is 12.5 Å². The highest BCUT2D eigenvalue weighted by atomic mass is 19.4. The Hall–Kier alpha value is -2.25. The molecule has 1 atom stereocenters. The number of hydrogen-bond acceptors (Lipinski definition) is 3. The average Bonchev–Trinajstić information content (AvgIpc) is 2.44. The number of benzene rings is 1. The van der Waals surface area contributed by atoms with Crippen LogP contribution in [0.4, 0.5) is 23.7 Å². The van der Waals surface area contributed by atoms with Crippen molar-refractivity contribution in [2.45, 2.75) is 19.5 Å². The molecule has 5 nitrogen and oxygen atoms in total. The normalized spacial score (nSPS) is 12.4. The maximum absolute atomic E-state index is 12.5. The molecular formula is C14H17F3N2O3. The molecule has 0 aliphatic rings. The summed E-state index contributed by atoms with van der Waals surface area (Å²) >= 11 is 0. The molecule has 0 saturated carbocycles. The van der Waals surface area contributed by atoms with Gasteiger partial charge in [-0.1, -0.05) is 25.1 Å². The molecule has 0 aliphatic carbocycles. The lowest BCUT2D eigenvalue weighted by Gasteiger charge is -2.14. The molecule has 0 radical (unpaired) electrons. The Balaban J connectivity index is 2.63. The molecule has 0 spiro atoms. The van der Waals surface area contributed by atoms with E-state index in [4.69, 9.17) is 0 Å². The van der Waals surface area contributed by atoms with Gasteiger partial charge in [0.2, 0.25) is 0 Å². The second kappa shape index (κ2) is 7.67. The van der Waals surface area contributed by atoms with Crippen LogP contribution in [0.2, 0.25) is 0 Å². The zero-order chi connectivity index (χ0) is 16.8. The van der Waals surface area contributed by atoms with E-state index in [-0.39, 0.29) is 17.8 Å². The van der Waals surface area contributed by atoms with Gasteiger partial charge < -0.3 is 15.4 Å². The predicted molar refractivity (Wildman–Crippen MR) is 74.4 cm³/mol.